The van der Waals surface area contributed by atoms with E-state index in [-0.39, 0.29) is 5.91 Å². The van der Waals surface area contributed by atoms with E-state index >= 15 is 0 Å². The van der Waals surface area contributed by atoms with E-state index in [0.717, 1.165) is 43.0 Å². The van der Waals surface area contributed by atoms with Gasteiger partial charge in [0.1, 0.15) is 0 Å². The van der Waals surface area contributed by atoms with Crippen LogP contribution in [0.1, 0.15) is 48.5 Å². The highest BCUT2D eigenvalue weighted by molar-refractivity contribution is 5.94. The number of carbonyl (C=O) groups excluding carboxylic acids is 1. The molecule has 1 unspecified atom stereocenters. The Morgan fingerprint density at radius 1 is 1.37 bits per heavy atom. The summed E-state index contributed by atoms with van der Waals surface area (Å²) in [5, 5.41) is 0. The van der Waals surface area contributed by atoms with Crippen LogP contribution in [0.25, 0.3) is 0 Å². The minimum Gasteiger partial charge on any atom is -0.339 e. The maximum absolute atomic E-state index is 12.5. The van der Waals surface area contributed by atoms with Crippen LogP contribution in [0.2, 0.25) is 0 Å². The molecule has 1 amide bonds. The van der Waals surface area contributed by atoms with Gasteiger partial charge in [0.15, 0.2) is 0 Å². The first-order chi connectivity index (χ1) is 9.24. The average molecular weight is 260 g/mol. The highest BCUT2D eigenvalue weighted by Crippen LogP contribution is 2.21. The lowest BCUT2D eigenvalue weighted by atomic mass is 9.98. The Morgan fingerprint density at radius 2 is 2.21 bits per heavy atom. The first-order valence-corrected chi connectivity index (χ1v) is 7.33. The van der Waals surface area contributed by atoms with Crippen molar-refractivity contribution in [1.82, 2.24) is 4.90 Å². The van der Waals surface area contributed by atoms with E-state index in [2.05, 4.69) is 6.92 Å². The Balaban J connectivity index is 2.06. The molecule has 1 aliphatic rings. The van der Waals surface area contributed by atoms with Crippen molar-refractivity contribution < 1.29 is 4.79 Å². The lowest BCUT2D eigenvalue weighted by Crippen LogP contribution is -2.32. The van der Waals surface area contributed by atoms with Crippen molar-refractivity contribution in [3.8, 4) is 0 Å². The second kappa shape index (κ2) is 6.71. The fraction of sp³-hybridized carbons (Fsp3) is 0.562. The fourth-order valence-electron chi connectivity index (χ4n) is 2.79. The highest BCUT2D eigenvalue weighted by atomic mass is 16.2. The van der Waals surface area contributed by atoms with Crippen LogP contribution in [-0.4, -0.2) is 23.9 Å². The largest absolute Gasteiger partial charge is 0.339 e. The summed E-state index contributed by atoms with van der Waals surface area (Å²) in [5.41, 5.74) is 7.43. The van der Waals surface area contributed by atoms with Crippen molar-refractivity contribution >= 4 is 5.91 Å². The Morgan fingerprint density at radius 3 is 2.95 bits per heavy atom. The van der Waals surface area contributed by atoms with Crippen molar-refractivity contribution in [1.29, 1.82) is 0 Å². The molecule has 104 valence electrons. The summed E-state index contributed by atoms with van der Waals surface area (Å²) in [6.07, 6.45) is 4.74. The highest BCUT2D eigenvalue weighted by Gasteiger charge is 2.20. The van der Waals surface area contributed by atoms with Gasteiger partial charge >= 0.3 is 0 Å². The molecule has 0 aromatic heterocycles. The van der Waals surface area contributed by atoms with Gasteiger partial charge in [-0.1, -0.05) is 25.5 Å². The smallest absolute Gasteiger partial charge is 0.253 e. The van der Waals surface area contributed by atoms with E-state index in [4.69, 9.17) is 5.73 Å². The molecular formula is C16H24N2O. The predicted molar refractivity (Wildman–Crippen MR) is 77.9 cm³/mol. The molecule has 0 spiro atoms. The third kappa shape index (κ3) is 3.57. The molecule has 0 radical (unpaired) electrons. The molecule has 1 fully saturated rings. The van der Waals surface area contributed by atoms with E-state index in [9.17, 15) is 4.79 Å². The van der Waals surface area contributed by atoms with Crippen molar-refractivity contribution in [3.63, 3.8) is 0 Å². The van der Waals surface area contributed by atoms with Gasteiger partial charge in [-0.15, -0.1) is 0 Å². The summed E-state index contributed by atoms with van der Waals surface area (Å²) in [4.78, 5) is 14.5. The van der Waals surface area contributed by atoms with Crippen LogP contribution in [-0.2, 0) is 6.54 Å². The molecule has 0 aliphatic carbocycles. The van der Waals surface area contributed by atoms with Gasteiger partial charge in [0.05, 0.1) is 0 Å². The normalized spacial score (nSPS) is 20.1. The molecule has 3 heteroatoms. The summed E-state index contributed by atoms with van der Waals surface area (Å²) in [7, 11) is 0. The third-order valence-corrected chi connectivity index (χ3v) is 4.12. The number of hydrogen-bond donors (Lipinski definition) is 1. The van der Waals surface area contributed by atoms with Gasteiger partial charge in [-0.25, -0.2) is 0 Å². The summed E-state index contributed by atoms with van der Waals surface area (Å²) in [5.74, 6) is 0.945. The van der Waals surface area contributed by atoms with Crippen molar-refractivity contribution in [3.05, 3.63) is 35.4 Å². The van der Waals surface area contributed by atoms with Crippen molar-refractivity contribution in [2.75, 3.05) is 13.1 Å². The topological polar surface area (TPSA) is 46.3 Å². The number of benzene rings is 1. The van der Waals surface area contributed by atoms with E-state index in [0.29, 0.717) is 6.54 Å². The van der Waals surface area contributed by atoms with Crippen LogP contribution >= 0.6 is 0 Å². The molecule has 1 saturated heterocycles. The lowest BCUT2D eigenvalue weighted by molar-refractivity contribution is 0.0760. The van der Waals surface area contributed by atoms with Crippen molar-refractivity contribution in [2.24, 2.45) is 11.7 Å². The second-order valence-corrected chi connectivity index (χ2v) is 5.40. The molecule has 1 aliphatic heterocycles. The maximum Gasteiger partial charge on any atom is 0.253 e. The zero-order chi connectivity index (χ0) is 13.7. The molecule has 1 aromatic rings. The van der Waals surface area contributed by atoms with Gasteiger partial charge in [0.25, 0.3) is 5.91 Å². The van der Waals surface area contributed by atoms with Crippen LogP contribution < -0.4 is 5.73 Å². The molecule has 0 bridgehead atoms. The van der Waals surface area contributed by atoms with Gasteiger partial charge in [0.2, 0.25) is 0 Å². The first-order valence-electron chi connectivity index (χ1n) is 7.33. The predicted octanol–water partition coefficient (Wildman–Crippen LogP) is 2.80. The van der Waals surface area contributed by atoms with E-state index < -0.39 is 0 Å². The maximum atomic E-state index is 12.5. The van der Waals surface area contributed by atoms with Crippen LogP contribution in [0.5, 0.6) is 0 Å². The minimum absolute atomic E-state index is 0.159. The summed E-state index contributed by atoms with van der Waals surface area (Å²) >= 11 is 0. The van der Waals surface area contributed by atoms with Crippen molar-refractivity contribution in [2.45, 2.75) is 39.2 Å². The standard InChI is InChI=1S/C16H24N2O/c1-2-13-6-4-9-18(10-8-13)16(19)15-7-3-5-14(11-15)12-17/h3,5,7,11,13H,2,4,6,8-10,12,17H2,1H3. The quantitative estimate of drug-likeness (QED) is 0.908. The molecule has 3 nitrogen and oxygen atoms in total. The molecular weight excluding hydrogens is 236 g/mol. The van der Waals surface area contributed by atoms with Gasteiger partial charge in [0, 0.05) is 25.2 Å². The van der Waals surface area contributed by atoms with E-state index in [1.54, 1.807) is 0 Å². The third-order valence-electron chi connectivity index (χ3n) is 4.12. The number of rotatable bonds is 3. The zero-order valence-corrected chi connectivity index (χ0v) is 11.8. The molecule has 2 N–H and O–H groups in total. The Bertz CT molecular complexity index is 431. The Kier molecular flexibility index (Phi) is 4.97. The van der Waals surface area contributed by atoms with E-state index in [1.807, 2.05) is 29.2 Å². The number of carbonyl (C=O) groups is 1. The number of amides is 1. The monoisotopic (exact) mass is 260 g/mol. The van der Waals surface area contributed by atoms with Crippen LogP contribution in [0.15, 0.2) is 24.3 Å². The van der Waals surface area contributed by atoms with Gasteiger partial charge in [-0.3, -0.25) is 4.79 Å². The molecule has 0 saturated carbocycles. The summed E-state index contributed by atoms with van der Waals surface area (Å²) in [6.45, 7) is 4.51. The Labute approximate surface area is 115 Å². The zero-order valence-electron chi connectivity index (χ0n) is 11.8. The van der Waals surface area contributed by atoms with Crippen LogP contribution in [0.4, 0.5) is 0 Å². The van der Waals surface area contributed by atoms with Crippen LogP contribution in [0, 0.1) is 5.92 Å². The second-order valence-electron chi connectivity index (χ2n) is 5.40. The molecule has 1 aromatic carbocycles. The van der Waals surface area contributed by atoms with Gasteiger partial charge in [-0.05, 0) is 42.9 Å². The lowest BCUT2D eigenvalue weighted by Gasteiger charge is -2.21. The molecule has 19 heavy (non-hydrogen) atoms. The number of nitrogens with two attached hydrogens (primary N) is 1. The van der Waals surface area contributed by atoms with Gasteiger partial charge in [-0.2, -0.15) is 0 Å². The summed E-state index contributed by atoms with van der Waals surface area (Å²) in [6, 6.07) is 7.70. The molecule has 1 heterocycles. The van der Waals surface area contributed by atoms with Gasteiger partial charge < -0.3 is 10.6 Å². The number of likely N-dealkylation sites (tertiary alicyclic amines) is 1. The SMILES string of the molecule is CCC1CCCN(C(=O)c2cccc(CN)c2)CC1. The fourth-order valence-corrected chi connectivity index (χ4v) is 2.79. The average Bonchev–Trinajstić information content (AvgIpc) is 2.72. The number of hydrogen-bond acceptors (Lipinski definition) is 2. The van der Waals surface area contributed by atoms with E-state index in [1.165, 1.54) is 12.8 Å². The first kappa shape index (κ1) is 14.1. The Hall–Kier alpha value is -1.35. The van der Waals surface area contributed by atoms with Crippen LogP contribution in [0.3, 0.4) is 0 Å². The number of nitrogens with zero attached hydrogens (tertiary/aromatic N) is 1. The molecule has 1 atom stereocenters. The molecule has 2 rings (SSSR count). The summed E-state index contributed by atoms with van der Waals surface area (Å²) < 4.78 is 0. The minimum atomic E-state index is 0.159.